The third-order valence-electron chi connectivity index (χ3n) is 3.79. The second-order valence-electron chi connectivity index (χ2n) is 5.33. The predicted octanol–water partition coefficient (Wildman–Crippen LogP) is 5.23. The molecule has 0 bridgehead atoms. The van der Waals surface area contributed by atoms with E-state index in [1.165, 1.54) is 12.1 Å². The Kier molecular flexibility index (Phi) is 3.63. The van der Waals surface area contributed by atoms with Crippen LogP contribution in [0, 0.1) is 10.1 Å². The molecule has 0 amide bonds. The highest BCUT2D eigenvalue weighted by Gasteiger charge is 2.20. The first-order valence-electron chi connectivity index (χ1n) is 7.42. The summed E-state index contributed by atoms with van der Waals surface area (Å²) in [6.07, 6.45) is 0. The van der Waals surface area contributed by atoms with Crippen LogP contribution in [0.3, 0.4) is 0 Å². The molecular weight excluding hydrogens is 320 g/mol. The first-order chi connectivity index (χ1) is 11.7. The van der Waals surface area contributed by atoms with Gasteiger partial charge in [0.2, 0.25) is 0 Å². The minimum absolute atomic E-state index is 0.0523. The van der Waals surface area contributed by atoms with Gasteiger partial charge in [-0.2, -0.15) is 0 Å². The Morgan fingerprint density at radius 2 is 1.62 bits per heavy atom. The van der Waals surface area contributed by atoms with Crippen molar-refractivity contribution in [1.29, 1.82) is 0 Å². The number of nitro groups is 1. The Morgan fingerprint density at radius 1 is 0.875 bits per heavy atom. The van der Waals surface area contributed by atoms with E-state index in [1.807, 2.05) is 48.5 Å². The second-order valence-corrected chi connectivity index (χ2v) is 6.42. The lowest BCUT2D eigenvalue weighted by Crippen LogP contribution is -2.03. The quantitative estimate of drug-likeness (QED) is 0.373. The van der Waals surface area contributed by atoms with Gasteiger partial charge in [-0.05, 0) is 12.1 Å². The molecule has 5 heteroatoms. The fraction of sp³-hybridized carbons (Fsp3) is 0. The summed E-state index contributed by atoms with van der Waals surface area (Å²) in [4.78, 5) is 17.5. The predicted molar refractivity (Wildman–Crippen MR) is 95.4 cm³/mol. The van der Waals surface area contributed by atoms with Gasteiger partial charge in [0.15, 0.2) is 0 Å². The second kappa shape index (κ2) is 5.94. The molecule has 0 spiro atoms. The van der Waals surface area contributed by atoms with Crippen molar-refractivity contribution in [3.63, 3.8) is 0 Å². The molecule has 4 nitrogen and oxygen atoms in total. The van der Waals surface area contributed by atoms with E-state index in [9.17, 15) is 10.1 Å². The van der Waals surface area contributed by atoms with Crippen LogP contribution >= 0.6 is 11.8 Å². The number of fused-ring (bicyclic) bond motifs is 2. The van der Waals surface area contributed by atoms with E-state index in [2.05, 4.69) is 6.07 Å². The number of rotatable bonds is 2. The number of benzene rings is 3. The summed E-state index contributed by atoms with van der Waals surface area (Å²) in [5.74, 6) is 0. The number of hydrogen-bond donors (Lipinski definition) is 0. The van der Waals surface area contributed by atoms with Crippen LogP contribution in [0.25, 0.3) is 0 Å². The Morgan fingerprint density at radius 3 is 2.42 bits per heavy atom. The van der Waals surface area contributed by atoms with Crippen molar-refractivity contribution in [2.75, 3.05) is 0 Å². The van der Waals surface area contributed by atoms with E-state index in [-0.39, 0.29) is 10.6 Å². The van der Waals surface area contributed by atoms with E-state index >= 15 is 0 Å². The molecule has 1 aliphatic rings. The van der Waals surface area contributed by atoms with E-state index in [1.54, 1.807) is 17.8 Å². The van der Waals surface area contributed by atoms with Crippen LogP contribution in [-0.2, 0) is 0 Å². The van der Waals surface area contributed by atoms with Crippen molar-refractivity contribution in [2.45, 2.75) is 9.79 Å². The molecule has 0 aromatic heterocycles. The maximum absolute atomic E-state index is 11.1. The normalized spacial score (nSPS) is 12.6. The molecule has 3 aromatic carbocycles. The zero-order chi connectivity index (χ0) is 16.5. The number of nitro benzene ring substituents is 1. The van der Waals surface area contributed by atoms with Crippen LogP contribution in [0.15, 0.2) is 87.6 Å². The van der Waals surface area contributed by atoms with Crippen molar-refractivity contribution >= 4 is 28.8 Å². The largest absolute Gasteiger partial charge is 0.271 e. The molecule has 0 saturated heterocycles. The van der Waals surface area contributed by atoms with Gasteiger partial charge >= 0.3 is 0 Å². The standard InChI is InChI=1S/C19H12N2O2S/c22-21(23)14-10-11-18-16(12-14)20-19(13-6-2-1-3-7-13)15-8-4-5-9-17(15)24-18/h1-12H. The van der Waals surface area contributed by atoms with Gasteiger partial charge in [0.25, 0.3) is 5.69 Å². The van der Waals surface area contributed by atoms with Crippen molar-refractivity contribution in [1.82, 2.24) is 0 Å². The molecule has 0 radical (unpaired) electrons. The van der Waals surface area contributed by atoms with E-state index in [0.717, 1.165) is 26.6 Å². The Bertz CT molecular complexity index is 968. The summed E-state index contributed by atoms with van der Waals surface area (Å²) in [5, 5.41) is 11.1. The zero-order valence-electron chi connectivity index (χ0n) is 12.5. The van der Waals surface area contributed by atoms with Crippen LogP contribution in [0.5, 0.6) is 0 Å². The molecule has 24 heavy (non-hydrogen) atoms. The number of non-ortho nitro benzene ring substituents is 1. The molecule has 3 aromatic rings. The zero-order valence-corrected chi connectivity index (χ0v) is 13.4. The van der Waals surface area contributed by atoms with Crippen LogP contribution in [0.2, 0.25) is 0 Å². The van der Waals surface area contributed by atoms with Gasteiger partial charge in [-0.15, -0.1) is 0 Å². The summed E-state index contributed by atoms with van der Waals surface area (Å²) in [6, 6.07) is 22.8. The lowest BCUT2D eigenvalue weighted by molar-refractivity contribution is -0.384. The smallest absolute Gasteiger partial charge is 0.258 e. The summed E-state index contributed by atoms with van der Waals surface area (Å²) >= 11 is 1.58. The first-order valence-corrected chi connectivity index (χ1v) is 8.24. The molecular formula is C19H12N2O2S. The summed E-state index contributed by atoms with van der Waals surface area (Å²) < 4.78 is 0. The van der Waals surface area contributed by atoms with Crippen molar-refractivity contribution in [3.8, 4) is 0 Å². The van der Waals surface area contributed by atoms with Crippen molar-refractivity contribution < 1.29 is 4.92 Å². The molecule has 0 unspecified atom stereocenters. The Hall–Kier alpha value is -2.92. The SMILES string of the molecule is O=[N+]([O-])c1ccc2c(c1)N=C(c1ccccc1)c1ccccc1S2. The molecule has 1 aliphatic heterocycles. The minimum atomic E-state index is -0.388. The van der Waals surface area contributed by atoms with E-state index in [4.69, 9.17) is 4.99 Å². The van der Waals surface area contributed by atoms with Gasteiger partial charge in [0, 0.05) is 33.1 Å². The third-order valence-corrected chi connectivity index (χ3v) is 4.94. The van der Waals surface area contributed by atoms with Crippen molar-refractivity contribution in [3.05, 3.63) is 94.0 Å². The summed E-state index contributed by atoms with van der Waals surface area (Å²) in [5.41, 5.74) is 3.54. The Balaban J connectivity index is 1.98. The molecule has 0 saturated carbocycles. The third kappa shape index (κ3) is 2.59. The topological polar surface area (TPSA) is 55.5 Å². The van der Waals surface area contributed by atoms with Gasteiger partial charge < -0.3 is 0 Å². The maximum Gasteiger partial charge on any atom is 0.271 e. The number of nitrogens with zero attached hydrogens (tertiary/aromatic N) is 2. The first kappa shape index (κ1) is 14.7. The number of aliphatic imine (C=N–C) groups is 1. The molecule has 0 fully saturated rings. The van der Waals surface area contributed by atoms with Gasteiger partial charge in [-0.3, -0.25) is 10.1 Å². The lowest BCUT2D eigenvalue weighted by Gasteiger charge is -2.08. The molecule has 0 atom stereocenters. The average Bonchev–Trinajstić information content (AvgIpc) is 2.78. The van der Waals surface area contributed by atoms with E-state index in [0.29, 0.717) is 5.69 Å². The highest BCUT2D eigenvalue weighted by Crippen LogP contribution is 2.42. The molecule has 0 N–H and O–H groups in total. The number of hydrogen-bond acceptors (Lipinski definition) is 4. The molecule has 0 aliphatic carbocycles. The van der Waals surface area contributed by atoms with Gasteiger partial charge in [-0.1, -0.05) is 60.3 Å². The van der Waals surface area contributed by atoms with Crippen LogP contribution < -0.4 is 0 Å². The highest BCUT2D eigenvalue weighted by atomic mass is 32.2. The molecule has 116 valence electrons. The molecule has 1 heterocycles. The Labute approximate surface area is 143 Å². The fourth-order valence-corrected chi connectivity index (χ4v) is 3.66. The van der Waals surface area contributed by atoms with Gasteiger partial charge in [0.1, 0.15) is 0 Å². The summed E-state index contributed by atoms with van der Waals surface area (Å²) in [6.45, 7) is 0. The van der Waals surface area contributed by atoms with Crippen LogP contribution in [-0.4, -0.2) is 10.6 Å². The van der Waals surface area contributed by atoms with Gasteiger partial charge in [-0.25, -0.2) is 4.99 Å². The lowest BCUT2D eigenvalue weighted by atomic mass is 10.0. The van der Waals surface area contributed by atoms with E-state index < -0.39 is 0 Å². The highest BCUT2D eigenvalue weighted by molar-refractivity contribution is 7.99. The van der Waals surface area contributed by atoms with Crippen LogP contribution in [0.4, 0.5) is 11.4 Å². The van der Waals surface area contributed by atoms with Gasteiger partial charge in [0.05, 0.1) is 16.3 Å². The van der Waals surface area contributed by atoms with Crippen LogP contribution in [0.1, 0.15) is 11.1 Å². The minimum Gasteiger partial charge on any atom is -0.258 e. The maximum atomic E-state index is 11.1. The fourth-order valence-electron chi connectivity index (χ4n) is 2.66. The molecule has 4 rings (SSSR count). The monoisotopic (exact) mass is 332 g/mol. The summed E-state index contributed by atoms with van der Waals surface area (Å²) in [7, 11) is 0. The average molecular weight is 332 g/mol. The van der Waals surface area contributed by atoms with Crippen molar-refractivity contribution in [2.24, 2.45) is 4.99 Å².